The van der Waals surface area contributed by atoms with E-state index in [9.17, 15) is 14.9 Å². The third-order valence-electron chi connectivity index (χ3n) is 7.99. The van der Waals surface area contributed by atoms with Crippen LogP contribution < -0.4 is 14.9 Å². The molecule has 3 aromatic heterocycles. The maximum atomic E-state index is 14.1. The topological polar surface area (TPSA) is 89.4 Å². The second kappa shape index (κ2) is 11.4. The summed E-state index contributed by atoms with van der Waals surface area (Å²) in [5.41, 5.74) is 6.18. The molecule has 0 N–H and O–H groups in total. The van der Waals surface area contributed by atoms with Crippen LogP contribution in [0.25, 0.3) is 11.1 Å². The minimum absolute atomic E-state index is 0.236. The number of halogens is 1. The predicted molar refractivity (Wildman–Crippen MR) is 171 cm³/mol. The van der Waals surface area contributed by atoms with E-state index in [1.807, 2.05) is 32.1 Å². The first kappa shape index (κ1) is 29.4. The van der Waals surface area contributed by atoms with Gasteiger partial charge >= 0.3 is 5.97 Å². The van der Waals surface area contributed by atoms with Crippen LogP contribution in [-0.4, -0.2) is 21.2 Å². The minimum atomic E-state index is -0.704. The summed E-state index contributed by atoms with van der Waals surface area (Å²) in [4.78, 5) is 34.0. The van der Waals surface area contributed by atoms with E-state index in [0.717, 1.165) is 58.8 Å². The van der Waals surface area contributed by atoms with Crippen LogP contribution in [0.3, 0.4) is 0 Å². The smallest absolute Gasteiger partial charge is 0.338 e. The van der Waals surface area contributed by atoms with Crippen molar-refractivity contribution >= 4 is 46.3 Å². The number of nitriles is 1. The van der Waals surface area contributed by atoms with Crippen molar-refractivity contribution in [2.24, 2.45) is 4.99 Å². The number of thiazole rings is 1. The molecule has 1 aliphatic carbocycles. The summed E-state index contributed by atoms with van der Waals surface area (Å²) in [6.45, 7) is 9.42. The Morgan fingerprint density at radius 2 is 1.88 bits per heavy atom. The van der Waals surface area contributed by atoms with Crippen LogP contribution in [0.4, 0.5) is 0 Å². The molecule has 1 atom stereocenters. The fourth-order valence-electron chi connectivity index (χ4n) is 6.03. The van der Waals surface area contributed by atoms with Gasteiger partial charge in [-0.15, -0.1) is 11.3 Å². The highest BCUT2D eigenvalue weighted by atomic mass is 35.5. The first-order chi connectivity index (χ1) is 20.6. The number of fused-ring (bicyclic) bond motifs is 2. The van der Waals surface area contributed by atoms with Gasteiger partial charge in [0.15, 0.2) is 4.80 Å². The molecule has 2 aliphatic rings. The van der Waals surface area contributed by atoms with Crippen LogP contribution in [0.5, 0.6) is 0 Å². The summed E-state index contributed by atoms with van der Waals surface area (Å²) >= 11 is 9.19. The zero-order valence-corrected chi connectivity index (χ0v) is 27.0. The van der Waals surface area contributed by atoms with Crippen LogP contribution in [-0.2, 0) is 22.4 Å². The van der Waals surface area contributed by atoms with Gasteiger partial charge in [0.1, 0.15) is 11.1 Å². The Hall–Kier alpha value is -3.71. The molecule has 0 unspecified atom stereocenters. The van der Waals surface area contributed by atoms with Crippen LogP contribution >= 0.6 is 34.3 Å². The van der Waals surface area contributed by atoms with Gasteiger partial charge in [0.2, 0.25) is 0 Å². The summed E-state index contributed by atoms with van der Waals surface area (Å²) in [5, 5.41) is 11.6. The number of carbonyl (C=O) groups excluding carboxylic acids is 1. The lowest BCUT2D eigenvalue weighted by Crippen LogP contribution is -2.40. The molecule has 4 heterocycles. The van der Waals surface area contributed by atoms with Crippen molar-refractivity contribution in [2.45, 2.75) is 72.4 Å². The van der Waals surface area contributed by atoms with E-state index < -0.39 is 12.0 Å². The molecular formula is C33H31ClN4O3S2. The number of hydrogen-bond acceptors (Lipinski definition) is 7. The number of ether oxygens (including phenoxy) is 1. The second-order valence-electron chi connectivity index (χ2n) is 11.3. The summed E-state index contributed by atoms with van der Waals surface area (Å²) in [7, 11) is 0. The Morgan fingerprint density at radius 3 is 2.58 bits per heavy atom. The van der Waals surface area contributed by atoms with Gasteiger partial charge in [0, 0.05) is 21.3 Å². The summed E-state index contributed by atoms with van der Waals surface area (Å²) in [6.07, 6.45) is 5.80. The quantitative estimate of drug-likeness (QED) is 0.251. The molecule has 0 spiro atoms. The standard InChI is InChI=1S/C33H31ClN4O3S2/c1-17(2)41-32(40)28-19(4)36-33-38(29(28)21-10-12-23(34)13-11-21)30(39)27(43-33)15-22-14-18(3)37(20(22)5)31-25(16-35)24-8-6-7-9-26(24)42-31/h10-15,17,29H,6-9H2,1-5H3/b27-15+/t29-/m0/s1. The molecule has 0 fully saturated rings. The van der Waals surface area contributed by atoms with Gasteiger partial charge in [-0.1, -0.05) is 35.1 Å². The van der Waals surface area contributed by atoms with Crippen molar-refractivity contribution in [1.82, 2.24) is 9.13 Å². The van der Waals surface area contributed by atoms with Crippen LogP contribution in [0.1, 0.15) is 78.2 Å². The van der Waals surface area contributed by atoms with Crippen molar-refractivity contribution in [2.75, 3.05) is 0 Å². The molecule has 43 heavy (non-hydrogen) atoms. The summed E-state index contributed by atoms with van der Waals surface area (Å²) in [6, 6.07) is 11.0. The fourth-order valence-corrected chi connectivity index (χ4v) is 8.65. The molecule has 0 bridgehead atoms. The number of aromatic nitrogens is 2. The predicted octanol–water partition coefficient (Wildman–Crippen LogP) is 6.06. The molecule has 6 rings (SSSR count). The number of benzene rings is 1. The van der Waals surface area contributed by atoms with Gasteiger partial charge in [0.25, 0.3) is 5.56 Å². The third-order valence-corrected chi connectivity index (χ3v) is 10.5. The third kappa shape index (κ3) is 5.12. The highest BCUT2D eigenvalue weighted by Gasteiger charge is 2.34. The largest absolute Gasteiger partial charge is 0.459 e. The van der Waals surface area contributed by atoms with Crippen LogP contribution in [0, 0.1) is 25.2 Å². The molecule has 7 nitrogen and oxygen atoms in total. The number of aryl methyl sites for hydroxylation is 2. The Bertz CT molecular complexity index is 2030. The number of thiophene rings is 1. The fraction of sp³-hybridized carbons (Fsp3) is 0.333. The number of allylic oxidation sites excluding steroid dienone is 1. The van der Waals surface area contributed by atoms with Gasteiger partial charge < -0.3 is 9.30 Å². The Kier molecular flexibility index (Phi) is 7.80. The maximum Gasteiger partial charge on any atom is 0.338 e. The Balaban J connectivity index is 1.50. The highest BCUT2D eigenvalue weighted by molar-refractivity contribution is 7.15. The van der Waals surface area contributed by atoms with Gasteiger partial charge in [-0.2, -0.15) is 5.26 Å². The SMILES string of the molecule is CC1=C(C(=O)OC(C)C)[C@H](c2ccc(Cl)cc2)n2c(s/c(=C/c3cc(C)n(-c4sc5c(c4C#N)CCCC5)c3C)c2=O)=N1. The molecule has 0 saturated heterocycles. The number of hydrogen-bond donors (Lipinski definition) is 0. The molecular weight excluding hydrogens is 600 g/mol. The van der Waals surface area contributed by atoms with E-state index in [1.54, 1.807) is 48.8 Å². The zero-order valence-electron chi connectivity index (χ0n) is 24.7. The molecule has 0 saturated carbocycles. The van der Waals surface area contributed by atoms with E-state index in [0.29, 0.717) is 25.6 Å². The Labute approximate surface area is 262 Å². The van der Waals surface area contributed by atoms with Crippen LogP contribution in [0.2, 0.25) is 5.02 Å². The van der Waals surface area contributed by atoms with Crippen LogP contribution in [0.15, 0.2) is 51.4 Å². The average Bonchev–Trinajstić information content (AvgIpc) is 3.57. The molecule has 0 amide bonds. The summed E-state index contributed by atoms with van der Waals surface area (Å²) in [5.74, 6) is -0.499. The van der Waals surface area contributed by atoms with E-state index in [-0.39, 0.29) is 11.7 Å². The number of rotatable bonds is 5. The maximum absolute atomic E-state index is 14.1. The van der Waals surface area contributed by atoms with Gasteiger partial charge in [-0.25, -0.2) is 9.79 Å². The minimum Gasteiger partial charge on any atom is -0.459 e. The first-order valence-corrected chi connectivity index (χ1v) is 16.3. The number of carbonyl (C=O) groups is 1. The van der Waals surface area contributed by atoms with E-state index in [2.05, 4.69) is 16.7 Å². The van der Waals surface area contributed by atoms with Gasteiger partial charge in [0.05, 0.1) is 33.5 Å². The van der Waals surface area contributed by atoms with Crippen molar-refractivity contribution < 1.29 is 9.53 Å². The molecule has 10 heteroatoms. The van der Waals surface area contributed by atoms with Crippen molar-refractivity contribution in [3.05, 3.63) is 105 Å². The molecule has 4 aromatic rings. The molecule has 1 aliphatic heterocycles. The lowest BCUT2D eigenvalue weighted by atomic mass is 9.96. The summed E-state index contributed by atoms with van der Waals surface area (Å²) < 4.78 is 9.83. The number of nitrogens with zero attached hydrogens (tertiary/aromatic N) is 4. The van der Waals surface area contributed by atoms with Gasteiger partial charge in [-0.3, -0.25) is 9.36 Å². The lowest BCUT2D eigenvalue weighted by molar-refractivity contribution is -0.143. The molecule has 220 valence electrons. The number of esters is 1. The van der Waals surface area contributed by atoms with Gasteiger partial charge in [-0.05, 0) is 101 Å². The highest BCUT2D eigenvalue weighted by Crippen LogP contribution is 2.38. The first-order valence-electron chi connectivity index (χ1n) is 14.3. The Morgan fingerprint density at radius 1 is 1.16 bits per heavy atom. The average molecular weight is 631 g/mol. The van der Waals surface area contributed by atoms with Crippen molar-refractivity contribution in [1.29, 1.82) is 5.26 Å². The normalized spacial score (nSPS) is 16.6. The lowest BCUT2D eigenvalue weighted by Gasteiger charge is -2.25. The molecule has 1 aromatic carbocycles. The monoisotopic (exact) mass is 630 g/mol. The van der Waals surface area contributed by atoms with Crippen molar-refractivity contribution in [3.63, 3.8) is 0 Å². The molecule has 0 radical (unpaired) electrons. The van der Waals surface area contributed by atoms with E-state index in [1.165, 1.54) is 21.8 Å². The second-order valence-corrected chi connectivity index (χ2v) is 13.8. The van der Waals surface area contributed by atoms with E-state index >= 15 is 0 Å². The van der Waals surface area contributed by atoms with E-state index in [4.69, 9.17) is 21.3 Å². The zero-order chi connectivity index (χ0) is 30.6. The van der Waals surface area contributed by atoms with Crippen molar-refractivity contribution in [3.8, 4) is 11.1 Å².